The first-order valence-corrected chi connectivity index (χ1v) is 13.1. The van der Waals surface area contributed by atoms with Crippen LogP contribution in [0.3, 0.4) is 0 Å². The minimum Gasteiger partial charge on any atom is -0.457 e. The fraction of sp³-hybridized carbons (Fsp3) is 0.0909. The van der Waals surface area contributed by atoms with Gasteiger partial charge in [-0.2, -0.15) is 0 Å². The van der Waals surface area contributed by atoms with E-state index in [4.69, 9.17) is 18.9 Å². The van der Waals surface area contributed by atoms with Crippen molar-refractivity contribution in [1.82, 2.24) is 0 Å². The Labute approximate surface area is 264 Å². The summed E-state index contributed by atoms with van der Waals surface area (Å²) in [5, 5.41) is 0. The van der Waals surface area contributed by atoms with E-state index in [1.807, 2.05) is 0 Å². The highest BCUT2D eigenvalue weighted by Crippen LogP contribution is 2.33. The van der Waals surface area contributed by atoms with Crippen molar-refractivity contribution >= 4 is 36.0 Å². The summed E-state index contributed by atoms with van der Waals surface area (Å²) in [4.78, 5) is 46.5. The molecule has 0 aromatic heterocycles. The molecule has 0 bridgehead atoms. The van der Waals surface area contributed by atoms with Gasteiger partial charge in [-0.05, 0) is 54.6 Å². The molecule has 47 heavy (non-hydrogen) atoms. The predicted octanol–water partition coefficient (Wildman–Crippen LogP) is 6.27. The Hall–Kier alpha value is -6.18. The number of hydrogen-bond acceptors (Lipinski definition) is 10. The number of ether oxygens (including phenoxy) is 6. The van der Waals surface area contributed by atoms with Gasteiger partial charge in [-0.3, -0.25) is 0 Å². The number of benzene rings is 3. The van der Waals surface area contributed by atoms with Crippen molar-refractivity contribution in [2.24, 2.45) is 0 Å². The molecule has 0 amide bonds. The average molecular weight is 657 g/mol. The van der Waals surface area contributed by atoms with Crippen LogP contribution in [-0.2, 0) is 28.7 Å². The Morgan fingerprint density at radius 1 is 0.638 bits per heavy atom. The van der Waals surface area contributed by atoms with Crippen LogP contribution in [0.5, 0.6) is 23.0 Å². The first-order valence-electron chi connectivity index (χ1n) is 13.1. The molecule has 0 spiro atoms. The summed E-state index contributed by atoms with van der Waals surface area (Å²) in [6.07, 6.45) is 2.45. The molecule has 0 unspecified atom stereocenters. The normalized spacial score (nSPS) is 10.8. The molecule has 0 fully saturated rings. The topological polar surface area (TPSA) is 124 Å². The molecule has 0 radical (unpaired) electrons. The van der Waals surface area contributed by atoms with Crippen LogP contribution in [0.25, 0.3) is 12.2 Å². The van der Waals surface area contributed by atoms with Gasteiger partial charge in [-0.25, -0.2) is 36.7 Å². The number of carbonyl (C=O) groups is 4. The van der Waals surface area contributed by atoms with Gasteiger partial charge in [-0.15, -0.1) is 0 Å². The molecule has 0 atom stereocenters. The van der Waals surface area contributed by atoms with Crippen LogP contribution in [0.15, 0.2) is 92.1 Å². The molecule has 3 rings (SSSR count). The maximum Gasteiger partial charge on any atom is 0.336 e. The van der Waals surface area contributed by atoms with E-state index in [0.29, 0.717) is 0 Å². The molecule has 14 heteroatoms. The molecule has 244 valence electrons. The third-order valence-electron chi connectivity index (χ3n) is 5.57. The van der Waals surface area contributed by atoms with Gasteiger partial charge in [-0.1, -0.05) is 13.2 Å². The van der Waals surface area contributed by atoms with Crippen LogP contribution < -0.4 is 18.9 Å². The van der Waals surface area contributed by atoms with Gasteiger partial charge in [0.05, 0.1) is 5.56 Å². The Balaban J connectivity index is 1.59. The maximum absolute atomic E-state index is 14.4. The zero-order chi connectivity index (χ0) is 34.3. The second kappa shape index (κ2) is 17.3. The van der Waals surface area contributed by atoms with Crippen LogP contribution in [0.2, 0.25) is 0 Å². The number of rotatable bonds is 15. The zero-order valence-electron chi connectivity index (χ0n) is 24.2. The van der Waals surface area contributed by atoms with E-state index in [0.717, 1.165) is 66.8 Å². The lowest BCUT2D eigenvalue weighted by atomic mass is 10.2. The molecule has 0 aliphatic rings. The summed E-state index contributed by atoms with van der Waals surface area (Å²) >= 11 is 0. The van der Waals surface area contributed by atoms with Gasteiger partial charge in [0, 0.05) is 47.6 Å². The quantitative estimate of drug-likeness (QED) is 0.0608. The monoisotopic (exact) mass is 656 g/mol. The highest BCUT2D eigenvalue weighted by atomic mass is 19.3. The lowest BCUT2D eigenvalue weighted by Gasteiger charge is -2.10. The van der Waals surface area contributed by atoms with Gasteiger partial charge in [0.25, 0.3) is 6.43 Å². The Bertz CT molecular complexity index is 1720. The highest BCUT2D eigenvalue weighted by molar-refractivity contribution is 5.90. The van der Waals surface area contributed by atoms with Crippen molar-refractivity contribution in [1.29, 1.82) is 0 Å². The molecular weight excluding hydrogens is 632 g/mol. The second-order valence-corrected chi connectivity index (χ2v) is 8.74. The van der Waals surface area contributed by atoms with Crippen molar-refractivity contribution < 1.29 is 65.2 Å². The second-order valence-electron chi connectivity index (χ2n) is 8.74. The lowest BCUT2D eigenvalue weighted by molar-refractivity contribution is -0.145. The third-order valence-corrected chi connectivity index (χ3v) is 5.57. The van der Waals surface area contributed by atoms with Gasteiger partial charge < -0.3 is 28.4 Å². The summed E-state index contributed by atoms with van der Waals surface area (Å²) in [6.45, 7) is 5.46. The third kappa shape index (κ3) is 11.4. The first kappa shape index (κ1) is 35.3. The summed E-state index contributed by atoms with van der Waals surface area (Å²) in [5.74, 6) is -6.05. The minimum absolute atomic E-state index is 0.0234. The smallest absolute Gasteiger partial charge is 0.336 e. The zero-order valence-corrected chi connectivity index (χ0v) is 24.2. The summed E-state index contributed by atoms with van der Waals surface area (Å²) in [5.41, 5.74) is -0.902. The average Bonchev–Trinajstić information content (AvgIpc) is 3.04. The standard InChI is InChI=1S/C33H24F4O10/c1-3-29(38)44-18-42-22-9-5-20(26(34)16-22)7-13-31(40)46-24-11-12-28(25(15-24)33(36)37)47-32(41)14-8-21-6-10-23(17-27(21)35)43-19-45-30(39)4-2/h3-17,33H,1-2,18-19H2/b13-7-,14-8-. The highest BCUT2D eigenvalue weighted by Gasteiger charge is 2.18. The predicted molar refractivity (Wildman–Crippen MR) is 157 cm³/mol. The van der Waals surface area contributed by atoms with Crippen LogP contribution >= 0.6 is 0 Å². The van der Waals surface area contributed by atoms with E-state index in [2.05, 4.69) is 22.6 Å². The largest absolute Gasteiger partial charge is 0.457 e. The van der Waals surface area contributed by atoms with Crippen LogP contribution in [0, 0.1) is 11.6 Å². The van der Waals surface area contributed by atoms with E-state index < -0.39 is 66.8 Å². The molecule has 0 saturated heterocycles. The molecular formula is C33H24F4O10. The molecule has 0 saturated carbocycles. The molecule has 0 heterocycles. The maximum atomic E-state index is 14.4. The summed E-state index contributed by atoms with van der Waals surface area (Å²) in [6, 6.07) is 9.96. The molecule has 10 nitrogen and oxygen atoms in total. The van der Waals surface area contributed by atoms with Crippen molar-refractivity contribution in [3.05, 3.63) is 120 Å². The van der Waals surface area contributed by atoms with Crippen LogP contribution in [0.1, 0.15) is 23.1 Å². The molecule has 0 N–H and O–H groups in total. The van der Waals surface area contributed by atoms with Crippen molar-refractivity contribution in [3.8, 4) is 23.0 Å². The van der Waals surface area contributed by atoms with E-state index in [1.54, 1.807) is 0 Å². The molecule has 3 aromatic carbocycles. The molecule has 3 aromatic rings. The van der Waals surface area contributed by atoms with Gasteiger partial charge in [0.2, 0.25) is 13.6 Å². The Morgan fingerprint density at radius 3 is 1.55 bits per heavy atom. The van der Waals surface area contributed by atoms with Gasteiger partial charge in [0.15, 0.2) is 0 Å². The van der Waals surface area contributed by atoms with Crippen molar-refractivity contribution in [2.45, 2.75) is 6.43 Å². The van der Waals surface area contributed by atoms with Crippen LogP contribution in [0.4, 0.5) is 17.6 Å². The number of carbonyl (C=O) groups excluding carboxylic acids is 4. The molecule has 0 aliphatic carbocycles. The fourth-order valence-electron chi connectivity index (χ4n) is 3.36. The molecule has 0 aliphatic heterocycles. The summed E-state index contributed by atoms with van der Waals surface area (Å²) < 4.78 is 85.5. The number of esters is 4. The Morgan fingerprint density at radius 2 is 1.11 bits per heavy atom. The lowest BCUT2D eigenvalue weighted by Crippen LogP contribution is -2.08. The van der Waals surface area contributed by atoms with Crippen LogP contribution in [-0.4, -0.2) is 37.5 Å². The van der Waals surface area contributed by atoms with E-state index in [1.165, 1.54) is 24.3 Å². The van der Waals surface area contributed by atoms with Gasteiger partial charge >= 0.3 is 23.9 Å². The van der Waals surface area contributed by atoms with E-state index in [9.17, 15) is 36.7 Å². The Kier molecular flexibility index (Phi) is 13.0. The van der Waals surface area contributed by atoms with E-state index >= 15 is 0 Å². The van der Waals surface area contributed by atoms with E-state index in [-0.39, 0.29) is 28.4 Å². The first-order chi connectivity index (χ1) is 22.5. The number of hydrogen-bond donors (Lipinski definition) is 0. The van der Waals surface area contributed by atoms with Crippen molar-refractivity contribution in [3.63, 3.8) is 0 Å². The number of halogens is 4. The number of alkyl halides is 2. The fourth-order valence-corrected chi connectivity index (χ4v) is 3.36. The minimum atomic E-state index is -3.15. The summed E-state index contributed by atoms with van der Waals surface area (Å²) in [7, 11) is 0. The van der Waals surface area contributed by atoms with Gasteiger partial charge in [0.1, 0.15) is 34.6 Å². The SMILES string of the molecule is C=CC(=O)OCOc1ccc(/C=C\C(=O)Oc2ccc(OC(=O)/C=C\c3ccc(OCOC(=O)C=C)cc3F)c(C(F)F)c2)c(F)c1. The van der Waals surface area contributed by atoms with Crippen molar-refractivity contribution in [2.75, 3.05) is 13.6 Å².